The Balaban J connectivity index is 1.56. The lowest BCUT2D eigenvalue weighted by atomic mass is 10.2. The lowest BCUT2D eigenvalue weighted by Crippen LogP contribution is -2.52. The van der Waals surface area contributed by atoms with Crippen LogP contribution in [0.15, 0.2) is 53.4 Å². The molecule has 2 aromatic rings. The van der Waals surface area contributed by atoms with E-state index in [1.807, 2.05) is 18.2 Å². The highest BCUT2D eigenvalue weighted by atomic mass is 35.5. The van der Waals surface area contributed by atoms with Gasteiger partial charge in [-0.05, 0) is 35.9 Å². The molecule has 3 rings (SSSR count). The number of sulfonamides is 1. The zero-order valence-corrected chi connectivity index (χ0v) is 16.8. The third-order valence-corrected chi connectivity index (χ3v) is 6.90. The van der Waals surface area contributed by atoms with Crippen molar-refractivity contribution < 1.29 is 13.2 Å². The molecule has 0 aliphatic carbocycles. The maximum absolute atomic E-state index is 12.7. The summed E-state index contributed by atoms with van der Waals surface area (Å²) in [4.78, 5) is 14.1. The largest absolute Gasteiger partial charge is 0.334 e. The van der Waals surface area contributed by atoms with E-state index in [2.05, 4.69) is 5.32 Å². The van der Waals surface area contributed by atoms with Crippen molar-refractivity contribution in [1.82, 2.24) is 14.5 Å². The number of benzene rings is 2. The number of nitrogens with zero attached hydrogens (tertiary/aromatic N) is 2. The van der Waals surface area contributed by atoms with Crippen molar-refractivity contribution in [2.24, 2.45) is 0 Å². The van der Waals surface area contributed by atoms with E-state index in [1.165, 1.54) is 16.4 Å². The van der Waals surface area contributed by atoms with Gasteiger partial charge in [0, 0.05) is 42.8 Å². The third-order valence-electron chi connectivity index (χ3n) is 4.37. The van der Waals surface area contributed by atoms with Gasteiger partial charge in [-0.25, -0.2) is 13.2 Å². The van der Waals surface area contributed by atoms with Gasteiger partial charge in [0.15, 0.2) is 0 Å². The first-order chi connectivity index (χ1) is 12.9. The number of halogens is 2. The molecule has 0 bridgehead atoms. The Hall–Kier alpha value is -1.80. The second-order valence-electron chi connectivity index (χ2n) is 6.10. The Morgan fingerprint density at radius 3 is 2.22 bits per heavy atom. The molecule has 1 fully saturated rings. The van der Waals surface area contributed by atoms with Crippen LogP contribution in [0, 0.1) is 0 Å². The summed E-state index contributed by atoms with van der Waals surface area (Å²) < 4.78 is 26.7. The quantitative estimate of drug-likeness (QED) is 0.813. The summed E-state index contributed by atoms with van der Waals surface area (Å²) in [5.74, 6) is 0. The van der Waals surface area contributed by atoms with Gasteiger partial charge in [0.2, 0.25) is 10.0 Å². The predicted molar refractivity (Wildman–Crippen MR) is 105 cm³/mol. The van der Waals surface area contributed by atoms with E-state index >= 15 is 0 Å². The van der Waals surface area contributed by atoms with Gasteiger partial charge < -0.3 is 10.2 Å². The molecule has 6 nitrogen and oxygen atoms in total. The minimum Gasteiger partial charge on any atom is -0.334 e. The molecule has 1 aliphatic rings. The van der Waals surface area contributed by atoms with Crippen molar-refractivity contribution in [3.63, 3.8) is 0 Å². The Labute approximate surface area is 168 Å². The van der Waals surface area contributed by atoms with Gasteiger partial charge in [-0.15, -0.1) is 0 Å². The molecule has 0 atom stereocenters. The Bertz CT molecular complexity index is 912. The molecule has 2 aromatic carbocycles. The monoisotopic (exact) mass is 427 g/mol. The number of amides is 2. The summed E-state index contributed by atoms with van der Waals surface area (Å²) in [6, 6.07) is 13.1. The normalized spacial score (nSPS) is 15.6. The molecule has 2 amide bonds. The number of urea groups is 1. The molecular formula is C18H19Cl2N3O3S. The van der Waals surface area contributed by atoms with Crippen LogP contribution in [0.25, 0.3) is 0 Å². The highest BCUT2D eigenvalue weighted by molar-refractivity contribution is 7.89. The number of nitrogens with one attached hydrogen (secondary N) is 1. The van der Waals surface area contributed by atoms with E-state index in [4.69, 9.17) is 23.2 Å². The van der Waals surface area contributed by atoms with Crippen molar-refractivity contribution in [2.45, 2.75) is 11.4 Å². The molecular weight excluding hydrogens is 409 g/mol. The first-order valence-corrected chi connectivity index (χ1v) is 10.6. The number of carbonyl (C=O) groups is 1. The fourth-order valence-corrected chi connectivity index (χ4v) is 4.56. The second kappa shape index (κ2) is 8.48. The minimum absolute atomic E-state index is 0.198. The lowest BCUT2D eigenvalue weighted by molar-refractivity contribution is 0.172. The first kappa shape index (κ1) is 19.9. The molecule has 0 spiro atoms. The van der Waals surface area contributed by atoms with Gasteiger partial charge in [0.1, 0.15) is 0 Å². The van der Waals surface area contributed by atoms with E-state index in [9.17, 15) is 13.2 Å². The van der Waals surface area contributed by atoms with Gasteiger partial charge in [-0.2, -0.15) is 4.31 Å². The summed E-state index contributed by atoms with van der Waals surface area (Å²) in [5, 5.41) is 3.90. The van der Waals surface area contributed by atoms with Crippen molar-refractivity contribution >= 4 is 39.3 Å². The van der Waals surface area contributed by atoms with Crippen molar-refractivity contribution in [1.29, 1.82) is 0 Å². The second-order valence-corrected chi connectivity index (χ2v) is 8.88. The van der Waals surface area contributed by atoms with Gasteiger partial charge >= 0.3 is 6.03 Å². The van der Waals surface area contributed by atoms with Crippen LogP contribution in [0.5, 0.6) is 0 Å². The van der Waals surface area contributed by atoms with Crippen LogP contribution in [0.4, 0.5) is 4.79 Å². The van der Waals surface area contributed by atoms with Crippen LogP contribution in [0.1, 0.15) is 5.56 Å². The van der Waals surface area contributed by atoms with Crippen LogP contribution in [-0.4, -0.2) is 49.8 Å². The van der Waals surface area contributed by atoms with Gasteiger partial charge in [0.05, 0.1) is 4.90 Å². The molecule has 0 saturated carbocycles. The molecule has 27 heavy (non-hydrogen) atoms. The summed E-state index contributed by atoms with van der Waals surface area (Å²) >= 11 is 11.9. The van der Waals surface area contributed by atoms with Crippen LogP contribution in [-0.2, 0) is 16.6 Å². The number of hydrogen-bond acceptors (Lipinski definition) is 3. The standard InChI is InChI=1S/C18H19Cl2N3O3S/c19-15-5-7-16(8-6-15)27(25,26)23-11-9-22(10-12-23)18(24)21-13-14-3-1-2-4-17(14)20/h1-8H,9-13H2,(H,21,24). The average molecular weight is 428 g/mol. The zero-order chi connectivity index (χ0) is 19.4. The van der Waals surface area contributed by atoms with Gasteiger partial charge in [-0.3, -0.25) is 0 Å². The Morgan fingerprint density at radius 1 is 0.963 bits per heavy atom. The zero-order valence-electron chi connectivity index (χ0n) is 14.4. The summed E-state index contributed by atoms with van der Waals surface area (Å²) in [5.41, 5.74) is 0.830. The van der Waals surface area contributed by atoms with E-state index in [1.54, 1.807) is 23.1 Å². The van der Waals surface area contributed by atoms with Gasteiger partial charge in [0.25, 0.3) is 0 Å². The van der Waals surface area contributed by atoms with Crippen molar-refractivity contribution in [2.75, 3.05) is 26.2 Å². The molecule has 1 N–H and O–H groups in total. The fourth-order valence-electron chi connectivity index (χ4n) is 2.81. The predicted octanol–water partition coefficient (Wildman–Crippen LogP) is 3.21. The van der Waals surface area contributed by atoms with Crippen molar-refractivity contribution in [3.05, 3.63) is 64.1 Å². The SMILES string of the molecule is O=C(NCc1ccccc1Cl)N1CCN(S(=O)(=O)c2ccc(Cl)cc2)CC1. The van der Waals surface area contributed by atoms with E-state index in [0.29, 0.717) is 29.7 Å². The molecule has 0 unspecified atom stereocenters. The summed E-state index contributed by atoms with van der Waals surface area (Å²) in [7, 11) is -3.59. The number of piperazine rings is 1. The maximum atomic E-state index is 12.7. The third kappa shape index (κ3) is 4.73. The highest BCUT2D eigenvalue weighted by Gasteiger charge is 2.30. The summed E-state index contributed by atoms with van der Waals surface area (Å²) in [6.45, 7) is 1.44. The van der Waals surface area contributed by atoms with Crippen LogP contribution in [0.2, 0.25) is 10.0 Å². The average Bonchev–Trinajstić information content (AvgIpc) is 2.67. The maximum Gasteiger partial charge on any atom is 0.317 e. The Kier molecular flexibility index (Phi) is 6.26. The molecule has 9 heteroatoms. The number of hydrogen-bond donors (Lipinski definition) is 1. The van der Waals surface area contributed by atoms with Gasteiger partial charge in [-0.1, -0.05) is 41.4 Å². The smallest absolute Gasteiger partial charge is 0.317 e. The molecule has 0 radical (unpaired) electrons. The number of carbonyl (C=O) groups excluding carboxylic acids is 1. The van der Waals surface area contributed by atoms with E-state index in [-0.39, 0.29) is 24.0 Å². The number of rotatable bonds is 4. The van der Waals surface area contributed by atoms with Crippen LogP contribution < -0.4 is 5.32 Å². The van der Waals surface area contributed by atoms with Crippen LogP contribution in [0.3, 0.4) is 0 Å². The van der Waals surface area contributed by atoms with Crippen molar-refractivity contribution in [3.8, 4) is 0 Å². The first-order valence-electron chi connectivity index (χ1n) is 8.40. The highest BCUT2D eigenvalue weighted by Crippen LogP contribution is 2.20. The summed E-state index contributed by atoms with van der Waals surface area (Å²) in [6.07, 6.45) is 0. The molecule has 0 aromatic heterocycles. The molecule has 1 heterocycles. The molecule has 144 valence electrons. The van der Waals surface area contributed by atoms with E-state index in [0.717, 1.165) is 5.56 Å². The topological polar surface area (TPSA) is 69.7 Å². The fraction of sp³-hybridized carbons (Fsp3) is 0.278. The van der Waals surface area contributed by atoms with E-state index < -0.39 is 10.0 Å². The molecule has 1 aliphatic heterocycles. The van der Waals surface area contributed by atoms with Crippen LogP contribution >= 0.6 is 23.2 Å². The lowest BCUT2D eigenvalue weighted by Gasteiger charge is -2.34. The molecule has 1 saturated heterocycles. The Morgan fingerprint density at radius 2 is 1.59 bits per heavy atom. The minimum atomic E-state index is -3.59.